The van der Waals surface area contributed by atoms with Gasteiger partial charge in [-0.25, -0.2) is 0 Å². The van der Waals surface area contributed by atoms with Crippen molar-refractivity contribution in [2.24, 2.45) is 5.92 Å². The van der Waals surface area contributed by atoms with Crippen LogP contribution in [0.15, 0.2) is 12.2 Å². The number of carboxylic acids is 1. The summed E-state index contributed by atoms with van der Waals surface area (Å²) in [7, 11) is 0. The van der Waals surface area contributed by atoms with Gasteiger partial charge in [0.15, 0.2) is 0 Å². The van der Waals surface area contributed by atoms with Gasteiger partial charge in [0.05, 0.1) is 12.5 Å². The van der Waals surface area contributed by atoms with Crippen molar-refractivity contribution in [1.82, 2.24) is 10.2 Å². The van der Waals surface area contributed by atoms with Crippen molar-refractivity contribution in [3.8, 4) is 0 Å². The monoisotopic (exact) mass is 280 g/mol. The topological polar surface area (TPSA) is 86.7 Å². The molecule has 0 saturated carbocycles. The number of nitrogens with zero attached hydrogens (tertiary/aromatic N) is 1. The van der Waals surface area contributed by atoms with E-state index < -0.39 is 11.9 Å². The highest BCUT2D eigenvalue weighted by Crippen LogP contribution is 2.18. The summed E-state index contributed by atoms with van der Waals surface area (Å²) in [4.78, 5) is 36.1. The Hall–Kier alpha value is -1.85. The highest BCUT2D eigenvalue weighted by atomic mass is 16.4. The molecule has 2 N–H and O–H groups in total. The van der Waals surface area contributed by atoms with E-state index >= 15 is 0 Å². The van der Waals surface area contributed by atoms with Crippen LogP contribution in [0.4, 0.5) is 0 Å². The number of carbonyl (C=O) groups is 3. The number of hydrogen-bond acceptors (Lipinski definition) is 3. The maximum Gasteiger partial charge on any atom is 0.310 e. The van der Waals surface area contributed by atoms with Crippen LogP contribution in [0.5, 0.6) is 0 Å². The van der Waals surface area contributed by atoms with Crippen LogP contribution in [0, 0.1) is 5.92 Å². The van der Waals surface area contributed by atoms with E-state index in [4.69, 9.17) is 5.11 Å². The molecule has 2 unspecified atom stereocenters. The van der Waals surface area contributed by atoms with Crippen LogP contribution < -0.4 is 5.32 Å². The SMILES string of the molecule is O=C(CN1CCCCCC1=O)NC1C=CC(C(=O)O)C1. The fraction of sp³-hybridized carbons (Fsp3) is 0.643. The number of amides is 2. The van der Waals surface area contributed by atoms with Crippen LogP contribution in [0.1, 0.15) is 32.1 Å². The Kier molecular flexibility index (Phi) is 4.76. The molecule has 1 aliphatic carbocycles. The smallest absolute Gasteiger partial charge is 0.310 e. The van der Waals surface area contributed by atoms with E-state index in [1.54, 1.807) is 17.1 Å². The van der Waals surface area contributed by atoms with Gasteiger partial charge in [0.1, 0.15) is 0 Å². The lowest BCUT2D eigenvalue weighted by Gasteiger charge is -2.21. The maximum atomic E-state index is 11.9. The van der Waals surface area contributed by atoms with Crippen LogP contribution in [0.3, 0.4) is 0 Å². The minimum atomic E-state index is -0.874. The minimum Gasteiger partial charge on any atom is -0.481 e. The third kappa shape index (κ3) is 3.82. The average molecular weight is 280 g/mol. The molecule has 0 radical (unpaired) electrons. The zero-order valence-electron chi connectivity index (χ0n) is 11.4. The fourth-order valence-electron chi connectivity index (χ4n) is 2.62. The second-order valence-corrected chi connectivity index (χ2v) is 5.37. The molecule has 2 amide bonds. The lowest BCUT2D eigenvalue weighted by Crippen LogP contribution is -2.43. The van der Waals surface area contributed by atoms with Crippen molar-refractivity contribution in [1.29, 1.82) is 0 Å². The van der Waals surface area contributed by atoms with Crippen molar-refractivity contribution in [3.05, 3.63) is 12.2 Å². The Morgan fingerprint density at radius 2 is 2.10 bits per heavy atom. The molecular formula is C14H20N2O4. The van der Waals surface area contributed by atoms with E-state index in [-0.39, 0.29) is 24.4 Å². The zero-order valence-corrected chi connectivity index (χ0v) is 11.4. The summed E-state index contributed by atoms with van der Waals surface area (Å²) in [6.45, 7) is 0.700. The van der Waals surface area contributed by atoms with Gasteiger partial charge in [-0.2, -0.15) is 0 Å². The molecule has 1 heterocycles. The van der Waals surface area contributed by atoms with Gasteiger partial charge in [-0.1, -0.05) is 18.6 Å². The summed E-state index contributed by atoms with van der Waals surface area (Å²) in [6.07, 6.45) is 7.06. The van der Waals surface area contributed by atoms with Crippen molar-refractivity contribution in [3.63, 3.8) is 0 Å². The third-order valence-electron chi connectivity index (χ3n) is 3.75. The molecule has 0 aromatic heterocycles. The molecule has 2 atom stereocenters. The van der Waals surface area contributed by atoms with Crippen LogP contribution in [-0.4, -0.2) is 46.9 Å². The Morgan fingerprint density at radius 3 is 2.80 bits per heavy atom. The van der Waals surface area contributed by atoms with Crippen LogP contribution in [0.2, 0.25) is 0 Å². The van der Waals surface area contributed by atoms with Gasteiger partial charge in [0.2, 0.25) is 11.8 Å². The predicted molar refractivity (Wildman–Crippen MR) is 71.9 cm³/mol. The van der Waals surface area contributed by atoms with Crippen molar-refractivity contribution >= 4 is 17.8 Å². The first-order valence-corrected chi connectivity index (χ1v) is 7.04. The summed E-state index contributed by atoms with van der Waals surface area (Å²) in [5.74, 6) is -1.59. The first-order valence-electron chi connectivity index (χ1n) is 7.04. The second-order valence-electron chi connectivity index (χ2n) is 5.37. The van der Waals surface area contributed by atoms with Gasteiger partial charge in [-0.15, -0.1) is 0 Å². The van der Waals surface area contributed by atoms with Gasteiger partial charge >= 0.3 is 5.97 Å². The zero-order chi connectivity index (χ0) is 14.5. The van der Waals surface area contributed by atoms with E-state index in [2.05, 4.69) is 5.32 Å². The van der Waals surface area contributed by atoms with E-state index in [1.807, 2.05) is 0 Å². The molecule has 2 rings (SSSR count). The Bertz CT molecular complexity index is 433. The Balaban J connectivity index is 1.79. The summed E-state index contributed by atoms with van der Waals surface area (Å²) < 4.78 is 0. The Labute approximate surface area is 117 Å². The van der Waals surface area contributed by atoms with Crippen LogP contribution >= 0.6 is 0 Å². The number of aliphatic carboxylic acids is 1. The normalized spacial score (nSPS) is 26.4. The number of nitrogens with one attached hydrogen (secondary N) is 1. The molecule has 6 nitrogen and oxygen atoms in total. The largest absolute Gasteiger partial charge is 0.481 e. The highest BCUT2D eigenvalue weighted by molar-refractivity contribution is 5.85. The minimum absolute atomic E-state index is 0.0306. The lowest BCUT2D eigenvalue weighted by molar-refractivity contribution is -0.140. The number of likely N-dealkylation sites (tertiary alicyclic amines) is 1. The summed E-state index contributed by atoms with van der Waals surface area (Å²) >= 11 is 0. The van der Waals surface area contributed by atoms with Gasteiger partial charge in [0, 0.05) is 19.0 Å². The maximum absolute atomic E-state index is 11.9. The molecule has 1 aliphatic heterocycles. The molecular weight excluding hydrogens is 260 g/mol. The van der Waals surface area contributed by atoms with Gasteiger partial charge < -0.3 is 15.3 Å². The third-order valence-corrected chi connectivity index (χ3v) is 3.75. The molecule has 2 aliphatic rings. The first kappa shape index (κ1) is 14.6. The Morgan fingerprint density at radius 1 is 1.30 bits per heavy atom. The average Bonchev–Trinajstić information content (AvgIpc) is 2.76. The van der Waals surface area contributed by atoms with E-state index in [0.717, 1.165) is 19.3 Å². The van der Waals surface area contributed by atoms with Crippen LogP contribution in [0.25, 0.3) is 0 Å². The van der Waals surface area contributed by atoms with Gasteiger partial charge in [0.25, 0.3) is 0 Å². The molecule has 1 saturated heterocycles. The number of rotatable bonds is 4. The highest BCUT2D eigenvalue weighted by Gasteiger charge is 2.26. The fourth-order valence-corrected chi connectivity index (χ4v) is 2.62. The van der Waals surface area contributed by atoms with Gasteiger partial charge in [-0.3, -0.25) is 14.4 Å². The van der Waals surface area contributed by atoms with Gasteiger partial charge in [-0.05, 0) is 19.3 Å². The molecule has 0 aromatic carbocycles. The standard InChI is InChI=1S/C14H20N2O4/c17-12(9-16-7-3-1-2-4-13(16)18)15-11-6-5-10(8-11)14(19)20/h5-6,10-11H,1-4,7-9H2,(H,15,17)(H,19,20). The number of carboxylic acid groups (broad SMARTS) is 1. The summed E-state index contributed by atoms with van der Waals surface area (Å²) in [5.41, 5.74) is 0. The van der Waals surface area contributed by atoms with E-state index in [1.165, 1.54) is 0 Å². The van der Waals surface area contributed by atoms with Crippen molar-refractivity contribution in [2.75, 3.05) is 13.1 Å². The molecule has 1 fully saturated rings. The molecule has 20 heavy (non-hydrogen) atoms. The predicted octanol–water partition coefficient (Wildman–Crippen LogP) is 0.535. The molecule has 0 spiro atoms. The van der Waals surface area contributed by atoms with Crippen molar-refractivity contribution < 1.29 is 19.5 Å². The lowest BCUT2D eigenvalue weighted by atomic mass is 10.1. The molecule has 0 bridgehead atoms. The van der Waals surface area contributed by atoms with E-state index in [9.17, 15) is 14.4 Å². The number of hydrogen-bond donors (Lipinski definition) is 2. The molecule has 0 aromatic rings. The van der Waals surface area contributed by atoms with Crippen molar-refractivity contribution in [2.45, 2.75) is 38.1 Å². The number of carbonyl (C=O) groups excluding carboxylic acids is 2. The van der Waals surface area contributed by atoms with E-state index in [0.29, 0.717) is 19.4 Å². The molecule has 6 heteroatoms. The quantitative estimate of drug-likeness (QED) is 0.736. The second kappa shape index (κ2) is 6.54. The van der Waals surface area contributed by atoms with Crippen LogP contribution in [-0.2, 0) is 14.4 Å². The molecule has 110 valence electrons. The first-order chi connectivity index (χ1) is 9.56. The summed E-state index contributed by atoms with van der Waals surface area (Å²) in [6, 6.07) is -0.245. The summed E-state index contributed by atoms with van der Waals surface area (Å²) in [5, 5.41) is 11.6.